The van der Waals surface area contributed by atoms with Gasteiger partial charge < -0.3 is 5.11 Å². The number of hydrogen-bond acceptors (Lipinski definition) is 1. The highest BCUT2D eigenvalue weighted by molar-refractivity contribution is 5.89. The van der Waals surface area contributed by atoms with Crippen molar-refractivity contribution in [3.8, 4) is 0 Å². The smallest absolute Gasteiger partial charge is 0.0687 e. The highest BCUT2D eigenvalue weighted by Crippen LogP contribution is 2.24. The van der Waals surface area contributed by atoms with Gasteiger partial charge >= 0.3 is 0 Å². The number of aliphatic hydroxyl groups is 1. The maximum atomic E-state index is 9.29. The summed E-state index contributed by atoms with van der Waals surface area (Å²) in [5.74, 6) is 0. The molecular formula is C14H16O. The van der Waals surface area contributed by atoms with E-state index in [0.717, 1.165) is 12.0 Å². The van der Waals surface area contributed by atoms with Crippen LogP contribution in [0.4, 0.5) is 0 Å². The minimum Gasteiger partial charge on any atom is -0.392 e. The van der Waals surface area contributed by atoms with Crippen LogP contribution in [0.3, 0.4) is 0 Å². The fourth-order valence-electron chi connectivity index (χ4n) is 2.15. The van der Waals surface area contributed by atoms with Gasteiger partial charge in [0.1, 0.15) is 0 Å². The Balaban J connectivity index is 2.78. The second-order valence-corrected chi connectivity index (χ2v) is 3.94. The molecule has 0 unspecified atom stereocenters. The van der Waals surface area contributed by atoms with Gasteiger partial charge in [-0.1, -0.05) is 37.3 Å². The van der Waals surface area contributed by atoms with Gasteiger partial charge in [0.2, 0.25) is 0 Å². The van der Waals surface area contributed by atoms with Gasteiger partial charge in [-0.15, -0.1) is 0 Å². The van der Waals surface area contributed by atoms with Crippen molar-refractivity contribution in [2.75, 3.05) is 0 Å². The molecule has 0 bridgehead atoms. The Hall–Kier alpha value is -1.34. The molecule has 0 amide bonds. The molecule has 0 atom stereocenters. The highest BCUT2D eigenvalue weighted by atomic mass is 16.3. The molecule has 1 heteroatoms. The van der Waals surface area contributed by atoms with Crippen molar-refractivity contribution >= 4 is 10.8 Å². The van der Waals surface area contributed by atoms with Crippen LogP contribution in [0.15, 0.2) is 30.3 Å². The average molecular weight is 200 g/mol. The first-order valence-corrected chi connectivity index (χ1v) is 5.38. The Morgan fingerprint density at radius 2 is 2.00 bits per heavy atom. The van der Waals surface area contributed by atoms with Crippen molar-refractivity contribution in [2.24, 2.45) is 0 Å². The van der Waals surface area contributed by atoms with Crippen molar-refractivity contribution in [3.63, 3.8) is 0 Å². The lowest BCUT2D eigenvalue weighted by Gasteiger charge is -2.09. The van der Waals surface area contributed by atoms with Gasteiger partial charge in [-0.2, -0.15) is 0 Å². The van der Waals surface area contributed by atoms with Crippen molar-refractivity contribution in [1.82, 2.24) is 0 Å². The quantitative estimate of drug-likeness (QED) is 0.789. The van der Waals surface area contributed by atoms with E-state index in [0.29, 0.717) is 0 Å². The molecule has 0 saturated carbocycles. The Morgan fingerprint density at radius 3 is 2.67 bits per heavy atom. The summed E-state index contributed by atoms with van der Waals surface area (Å²) < 4.78 is 0. The van der Waals surface area contributed by atoms with Crippen molar-refractivity contribution < 1.29 is 5.11 Å². The lowest BCUT2D eigenvalue weighted by Crippen LogP contribution is -1.91. The molecule has 2 aromatic carbocycles. The second-order valence-electron chi connectivity index (χ2n) is 3.94. The summed E-state index contributed by atoms with van der Waals surface area (Å²) >= 11 is 0. The molecule has 2 rings (SSSR count). The zero-order valence-electron chi connectivity index (χ0n) is 9.25. The number of hydrogen-bond donors (Lipinski definition) is 1. The summed E-state index contributed by atoms with van der Waals surface area (Å²) in [4.78, 5) is 0. The van der Waals surface area contributed by atoms with E-state index in [1.54, 1.807) is 0 Å². The van der Waals surface area contributed by atoms with Gasteiger partial charge in [-0.05, 0) is 40.8 Å². The van der Waals surface area contributed by atoms with Gasteiger partial charge in [-0.25, -0.2) is 0 Å². The first-order valence-electron chi connectivity index (χ1n) is 5.38. The first kappa shape index (κ1) is 10.2. The molecule has 0 radical (unpaired) electrons. The third-order valence-corrected chi connectivity index (χ3v) is 2.90. The average Bonchev–Trinajstić information content (AvgIpc) is 2.27. The third kappa shape index (κ3) is 1.75. The third-order valence-electron chi connectivity index (χ3n) is 2.90. The largest absolute Gasteiger partial charge is 0.392 e. The van der Waals surface area contributed by atoms with E-state index >= 15 is 0 Å². The van der Waals surface area contributed by atoms with Gasteiger partial charge in [0.05, 0.1) is 6.61 Å². The molecule has 0 saturated heterocycles. The molecule has 1 nitrogen and oxygen atoms in total. The zero-order chi connectivity index (χ0) is 10.8. The van der Waals surface area contributed by atoms with E-state index in [4.69, 9.17) is 0 Å². The Bertz CT molecular complexity index is 486. The molecule has 1 N–H and O–H groups in total. The molecule has 15 heavy (non-hydrogen) atoms. The van der Waals surface area contributed by atoms with E-state index in [2.05, 4.69) is 32.0 Å². The Kier molecular flexibility index (Phi) is 2.74. The molecule has 0 spiro atoms. The molecule has 0 fully saturated rings. The predicted molar refractivity (Wildman–Crippen MR) is 64.0 cm³/mol. The van der Waals surface area contributed by atoms with Crippen LogP contribution in [0.1, 0.15) is 23.6 Å². The maximum Gasteiger partial charge on any atom is 0.0687 e. The normalized spacial score (nSPS) is 10.9. The number of fused-ring (bicyclic) bond motifs is 1. The summed E-state index contributed by atoms with van der Waals surface area (Å²) in [6.07, 6.45) is 1.06. The van der Waals surface area contributed by atoms with Gasteiger partial charge in [0.25, 0.3) is 0 Å². The van der Waals surface area contributed by atoms with Gasteiger partial charge in [0.15, 0.2) is 0 Å². The maximum absolute atomic E-state index is 9.29. The summed E-state index contributed by atoms with van der Waals surface area (Å²) in [5, 5.41) is 11.7. The molecule has 0 aliphatic heterocycles. The molecule has 0 aromatic heterocycles. The van der Waals surface area contributed by atoms with E-state index in [1.165, 1.54) is 21.9 Å². The Labute approximate surface area is 90.4 Å². The summed E-state index contributed by atoms with van der Waals surface area (Å²) in [5.41, 5.74) is 3.64. The molecular weight excluding hydrogens is 184 g/mol. The molecule has 78 valence electrons. The molecule has 0 aliphatic carbocycles. The SMILES string of the molecule is CCc1cc(C)c2c(CO)cccc2c1. The lowest BCUT2D eigenvalue weighted by molar-refractivity contribution is 0.283. The van der Waals surface area contributed by atoms with Crippen LogP contribution in [0.5, 0.6) is 0 Å². The lowest BCUT2D eigenvalue weighted by atomic mass is 9.97. The standard InChI is InChI=1S/C14H16O/c1-3-11-7-10(2)14-12(8-11)5-4-6-13(14)9-15/h4-8,15H,3,9H2,1-2H3. The van der Waals surface area contributed by atoms with E-state index in [-0.39, 0.29) is 6.61 Å². The van der Waals surface area contributed by atoms with Crippen molar-refractivity contribution in [2.45, 2.75) is 26.9 Å². The minimum atomic E-state index is 0.115. The van der Waals surface area contributed by atoms with Crippen LogP contribution in [-0.4, -0.2) is 5.11 Å². The fraction of sp³-hybridized carbons (Fsp3) is 0.286. The first-order chi connectivity index (χ1) is 7.26. The van der Waals surface area contributed by atoms with Gasteiger partial charge in [-0.3, -0.25) is 0 Å². The van der Waals surface area contributed by atoms with E-state index in [1.807, 2.05) is 12.1 Å². The van der Waals surface area contributed by atoms with E-state index in [9.17, 15) is 5.11 Å². The minimum absolute atomic E-state index is 0.115. The predicted octanol–water partition coefficient (Wildman–Crippen LogP) is 3.20. The summed E-state index contributed by atoms with van der Waals surface area (Å²) in [6, 6.07) is 10.5. The van der Waals surface area contributed by atoms with Crippen LogP contribution in [0.25, 0.3) is 10.8 Å². The van der Waals surface area contributed by atoms with Gasteiger partial charge in [0, 0.05) is 0 Å². The number of aryl methyl sites for hydroxylation is 2. The van der Waals surface area contributed by atoms with Crippen molar-refractivity contribution in [3.05, 3.63) is 47.0 Å². The second kappa shape index (κ2) is 4.03. The molecule has 0 heterocycles. The van der Waals surface area contributed by atoms with E-state index < -0.39 is 0 Å². The topological polar surface area (TPSA) is 20.2 Å². The Morgan fingerprint density at radius 1 is 1.20 bits per heavy atom. The molecule has 2 aromatic rings. The highest BCUT2D eigenvalue weighted by Gasteiger charge is 2.04. The van der Waals surface area contributed by atoms with Crippen LogP contribution < -0.4 is 0 Å². The fourth-order valence-corrected chi connectivity index (χ4v) is 2.15. The monoisotopic (exact) mass is 200 g/mol. The summed E-state index contributed by atoms with van der Waals surface area (Å²) in [7, 11) is 0. The number of benzene rings is 2. The molecule has 0 aliphatic rings. The summed E-state index contributed by atoms with van der Waals surface area (Å²) in [6.45, 7) is 4.39. The zero-order valence-corrected chi connectivity index (χ0v) is 9.25. The van der Waals surface area contributed by atoms with Crippen molar-refractivity contribution in [1.29, 1.82) is 0 Å². The van der Waals surface area contributed by atoms with Crippen LogP contribution >= 0.6 is 0 Å². The van der Waals surface area contributed by atoms with Crippen LogP contribution in [0.2, 0.25) is 0 Å². The number of rotatable bonds is 2. The van der Waals surface area contributed by atoms with Crippen LogP contribution in [-0.2, 0) is 13.0 Å². The van der Waals surface area contributed by atoms with Crippen LogP contribution in [0, 0.1) is 6.92 Å². The number of aliphatic hydroxyl groups excluding tert-OH is 1.